The van der Waals surface area contributed by atoms with Gasteiger partial charge in [0.15, 0.2) is 23.1 Å². The molecule has 0 radical (unpaired) electrons. The van der Waals surface area contributed by atoms with Gasteiger partial charge in [0, 0.05) is 73.7 Å². The highest BCUT2D eigenvalue weighted by Gasteiger charge is 2.68. The van der Waals surface area contributed by atoms with Crippen molar-refractivity contribution in [2.75, 3.05) is 0 Å². The molecule has 1 aromatic rings. The smallest absolute Gasteiger partial charge is 0.162 e. The molecular formula is C70H80O10. The van der Waals surface area contributed by atoms with Crippen molar-refractivity contribution >= 4 is 28.9 Å². The number of Topliss-reactive ketones (excluding diaryl/α,β-unsaturated/α-hetero) is 2. The maximum absolute atomic E-state index is 11.9. The third-order valence-electron chi connectivity index (χ3n) is 22.5. The Kier molecular flexibility index (Phi) is 13.9. The number of rotatable bonds is 7. The molecule has 0 amide bonds. The van der Waals surface area contributed by atoms with E-state index in [1.165, 1.54) is 92.1 Å². The predicted molar refractivity (Wildman–Crippen MR) is 302 cm³/mol. The van der Waals surface area contributed by atoms with Gasteiger partial charge in [0.2, 0.25) is 0 Å². The molecule has 11 aliphatic carbocycles. The van der Waals surface area contributed by atoms with Gasteiger partial charge >= 0.3 is 0 Å². The third-order valence-corrected chi connectivity index (χ3v) is 22.5. The van der Waals surface area contributed by atoms with Gasteiger partial charge in [-0.15, -0.1) is 0 Å². The maximum Gasteiger partial charge on any atom is 0.162 e. The fraction of sp³-hybridized carbons (Fsp3) is 0.586. The highest BCUT2D eigenvalue weighted by Crippen LogP contribution is 2.67. The number of ketones is 5. The molecule has 4 bridgehead atoms. The average molecular weight is 1080 g/mol. The number of ether oxygens (including phenoxy) is 4. The molecule has 7 fully saturated rings. The normalized spacial score (nSPS) is 41.3. The van der Waals surface area contributed by atoms with E-state index in [-0.39, 0.29) is 46.3 Å². The number of hydrogen-bond donors (Lipinski definition) is 0. The van der Waals surface area contributed by atoms with Crippen LogP contribution in [-0.4, -0.2) is 63.5 Å². The lowest BCUT2D eigenvalue weighted by atomic mass is 9.53. The molecule has 18 rings (SSSR count). The minimum Gasteiger partial charge on any atom is -0.494 e. The number of aryl methyl sites for hydroxylation is 1. The van der Waals surface area contributed by atoms with Crippen LogP contribution in [0.1, 0.15) is 166 Å². The van der Waals surface area contributed by atoms with Gasteiger partial charge in [0.1, 0.15) is 28.8 Å². The number of carbonyl (C=O) groups is 5. The highest BCUT2D eigenvalue weighted by atomic mass is 16.5. The Labute approximate surface area is 472 Å². The summed E-state index contributed by atoms with van der Waals surface area (Å²) in [5, 5.41) is 0. The minimum atomic E-state index is -0.0394. The van der Waals surface area contributed by atoms with E-state index in [1.54, 1.807) is 12.3 Å². The average Bonchev–Trinajstić information content (AvgIpc) is 4.45. The van der Waals surface area contributed by atoms with Crippen LogP contribution in [0.3, 0.4) is 0 Å². The van der Waals surface area contributed by atoms with Gasteiger partial charge in [-0.2, -0.15) is 0 Å². The summed E-state index contributed by atoms with van der Waals surface area (Å²) in [4.78, 5) is 57.5. The molecule has 0 saturated heterocycles. The van der Waals surface area contributed by atoms with Crippen molar-refractivity contribution < 1.29 is 47.3 Å². The van der Waals surface area contributed by atoms with Gasteiger partial charge in [0.05, 0.1) is 42.0 Å². The van der Waals surface area contributed by atoms with Crippen LogP contribution in [-0.2, 0) is 49.3 Å². The van der Waals surface area contributed by atoms with E-state index in [4.69, 9.17) is 23.4 Å². The maximum atomic E-state index is 11.9. The molecule has 10 heteroatoms. The summed E-state index contributed by atoms with van der Waals surface area (Å²) in [5.74, 6) is 7.64. The number of hydrogen-bond acceptors (Lipinski definition) is 10. The van der Waals surface area contributed by atoms with Gasteiger partial charge in [0.25, 0.3) is 0 Å². The van der Waals surface area contributed by atoms with Crippen LogP contribution in [0.4, 0.5) is 0 Å². The Bertz CT molecular complexity index is 2940. The largest absolute Gasteiger partial charge is 0.494 e. The molecule has 6 aliphatic heterocycles. The first kappa shape index (κ1) is 52.6. The predicted octanol–water partition coefficient (Wildman–Crippen LogP) is 13.6. The third kappa shape index (κ3) is 9.05. The van der Waals surface area contributed by atoms with Gasteiger partial charge in [-0.25, -0.2) is 0 Å². The van der Waals surface area contributed by atoms with E-state index in [0.717, 1.165) is 108 Å². The number of fused-ring (bicyclic) bond motifs is 5. The Morgan fingerprint density at radius 2 is 1.27 bits per heavy atom. The van der Waals surface area contributed by atoms with Gasteiger partial charge in [-0.05, 0) is 194 Å². The lowest BCUT2D eigenvalue weighted by molar-refractivity contribution is -0.132. The second kappa shape index (κ2) is 21.1. The first-order valence-corrected chi connectivity index (χ1v) is 31.3. The zero-order valence-corrected chi connectivity index (χ0v) is 46.6. The molecule has 7 heterocycles. The van der Waals surface area contributed by atoms with E-state index in [9.17, 15) is 24.0 Å². The van der Waals surface area contributed by atoms with E-state index in [2.05, 4.69) is 54.7 Å². The molecule has 15 atom stereocenters. The van der Waals surface area contributed by atoms with E-state index in [1.807, 2.05) is 36.8 Å². The Balaban J connectivity index is 0.0000000901. The monoisotopic (exact) mass is 1080 g/mol. The van der Waals surface area contributed by atoms with Crippen LogP contribution in [0, 0.1) is 53.3 Å². The molecule has 1 aromatic heterocycles. The van der Waals surface area contributed by atoms with Crippen molar-refractivity contribution in [3.63, 3.8) is 0 Å². The molecule has 0 unspecified atom stereocenters. The summed E-state index contributed by atoms with van der Waals surface area (Å²) in [6, 6.07) is 3.92. The van der Waals surface area contributed by atoms with Crippen molar-refractivity contribution in [1.82, 2.24) is 0 Å². The van der Waals surface area contributed by atoms with Gasteiger partial charge < -0.3 is 23.4 Å². The first-order chi connectivity index (χ1) is 39.0. The zero-order chi connectivity index (χ0) is 54.2. The Morgan fingerprint density at radius 1 is 0.613 bits per heavy atom. The highest BCUT2D eigenvalue weighted by molar-refractivity contribution is 6.00. The molecule has 17 aliphatic rings. The summed E-state index contributed by atoms with van der Waals surface area (Å²) in [6.07, 6.45) is 58.6. The van der Waals surface area contributed by atoms with Crippen LogP contribution in [0.15, 0.2) is 142 Å². The standard InChI is InChI=1S/5C14H16O2/c2*15-10-4-3-9(8-10)13-11-2-1-6-14(11)12(13)5-7-16-14;2*15-11-4-3-9-8-10-2-1-6-14(10)7-5-12(16-14)13(9)11;15-13-9-8-12(11-13)5-2-1-3-6-14-7-4-10-16-14/h2*5,7-8,11-13H,1-4,6H2;5,7,10,12H,1-4,6,8H2;5,7-8,10,12-13H,1-4,6H2;2,4-5,7,10-11H,1,3,6,8-9H2/t2*11-,12-,13-,14+;10-,12+,14-;10-,12+,13-,14-;/m0000./s1. The van der Waals surface area contributed by atoms with Crippen molar-refractivity contribution in [1.29, 1.82) is 0 Å². The summed E-state index contributed by atoms with van der Waals surface area (Å²) in [5.41, 5.74) is 8.04. The SMILES string of the molecule is O=C1C=C(C=CCCCc2ccco2)CC1.O=C1C=C([C@@H]2[C@@H]3C=CO[C@@]34CCC[C@@H]24)CC1.O=C1C=C([C@@H]2[C@@H]3C=CO[C@@]34CCC[C@@H]24)CC1.O=C1CCC2=C1[C@H]1C=C[C@]3(CCC[C@H]3C2)O1.O=C1CCC2=C[C@@H]3CCC[C@]34C=C[C@@H](O4)[C@H]12. The van der Waals surface area contributed by atoms with E-state index >= 15 is 0 Å². The van der Waals surface area contributed by atoms with Crippen molar-refractivity contribution in [2.45, 2.75) is 202 Å². The summed E-state index contributed by atoms with van der Waals surface area (Å²) in [6.45, 7) is 0. The number of furan rings is 1. The lowest BCUT2D eigenvalue weighted by Crippen LogP contribution is -2.58. The Morgan fingerprint density at radius 3 is 1.95 bits per heavy atom. The fourth-order valence-electron chi connectivity index (χ4n) is 18.9. The van der Waals surface area contributed by atoms with Crippen molar-refractivity contribution in [3.05, 3.63) is 143 Å². The fourth-order valence-corrected chi connectivity index (χ4v) is 18.9. The number of allylic oxidation sites excluding steroid dienone is 9. The van der Waals surface area contributed by atoms with Crippen LogP contribution >= 0.6 is 0 Å². The molecule has 4 spiro atoms. The van der Waals surface area contributed by atoms with Crippen LogP contribution in [0.2, 0.25) is 0 Å². The summed E-state index contributed by atoms with van der Waals surface area (Å²) in [7, 11) is 0. The lowest BCUT2D eigenvalue weighted by Gasteiger charge is -2.54. The Hall–Kier alpha value is -5.45. The quantitative estimate of drug-likeness (QED) is 0.192. The van der Waals surface area contributed by atoms with Crippen LogP contribution in [0.5, 0.6) is 0 Å². The number of carbonyl (C=O) groups excluding carboxylic acids is 5. The molecule has 420 valence electrons. The molecule has 0 N–H and O–H groups in total. The molecular weight excluding hydrogens is 1000 g/mol. The van der Waals surface area contributed by atoms with Crippen LogP contribution < -0.4 is 0 Å². The number of unbranched alkanes of at least 4 members (excludes halogenated alkanes) is 1. The van der Waals surface area contributed by atoms with Crippen molar-refractivity contribution in [2.24, 2.45) is 53.3 Å². The zero-order valence-electron chi connectivity index (χ0n) is 46.6. The van der Waals surface area contributed by atoms with Crippen LogP contribution in [0.25, 0.3) is 0 Å². The molecule has 0 aromatic carbocycles. The topological polar surface area (TPSA) is 135 Å². The van der Waals surface area contributed by atoms with Gasteiger partial charge in [-0.1, -0.05) is 64.8 Å². The van der Waals surface area contributed by atoms with Crippen molar-refractivity contribution in [3.8, 4) is 0 Å². The first-order valence-electron chi connectivity index (χ1n) is 31.3. The molecule has 80 heavy (non-hydrogen) atoms. The second-order valence-electron chi connectivity index (χ2n) is 26.5. The van der Waals surface area contributed by atoms with E-state index in [0.29, 0.717) is 76.9 Å². The van der Waals surface area contributed by atoms with E-state index < -0.39 is 0 Å². The molecule has 10 nitrogen and oxygen atoms in total. The second-order valence-corrected chi connectivity index (χ2v) is 26.5. The van der Waals surface area contributed by atoms with Gasteiger partial charge in [-0.3, -0.25) is 24.0 Å². The summed E-state index contributed by atoms with van der Waals surface area (Å²) >= 11 is 0. The summed E-state index contributed by atoms with van der Waals surface area (Å²) < 4.78 is 29.5. The molecule has 7 saturated carbocycles. The minimum absolute atomic E-state index is 0.00468.